The highest BCUT2D eigenvalue weighted by atomic mass is 16.6. The first kappa shape index (κ1) is 20.2. The Kier molecular flexibility index (Phi) is 7.45. The summed E-state index contributed by atoms with van der Waals surface area (Å²) in [6.07, 6.45) is 10.1. The highest BCUT2D eigenvalue weighted by Crippen LogP contribution is 2.23. The predicted octanol–water partition coefficient (Wildman–Crippen LogP) is 5.85. The van der Waals surface area contributed by atoms with Crippen molar-refractivity contribution in [1.29, 1.82) is 0 Å². The minimum absolute atomic E-state index is 0.0312. The number of nitro groups is 1. The zero-order valence-corrected chi connectivity index (χ0v) is 16.1. The van der Waals surface area contributed by atoms with Gasteiger partial charge in [0, 0.05) is 31.1 Å². The van der Waals surface area contributed by atoms with E-state index in [0.717, 1.165) is 31.6 Å². The Labute approximate surface area is 169 Å². The molecule has 8 nitrogen and oxygen atoms in total. The number of benzene rings is 2. The van der Waals surface area contributed by atoms with Crippen molar-refractivity contribution in [1.82, 2.24) is 9.55 Å². The van der Waals surface area contributed by atoms with Crippen LogP contribution in [0.25, 0.3) is 0 Å². The molecule has 0 aliphatic heterocycles. The first-order valence-corrected chi connectivity index (χ1v) is 9.55. The van der Waals surface area contributed by atoms with E-state index in [1.54, 1.807) is 18.3 Å². The Hall–Kier alpha value is -3.55. The molecule has 0 N–H and O–H groups in total. The molecule has 0 saturated carbocycles. The fraction of sp³-hybridized carbons (Fsp3) is 0.286. The SMILES string of the molecule is O=[N+]([O-])c1ccc(N=Nc2ccc(OCCCCCCn3ccnc3)cc2)cc1. The summed E-state index contributed by atoms with van der Waals surface area (Å²) in [5.41, 5.74) is 1.28. The molecule has 0 bridgehead atoms. The van der Waals surface area contributed by atoms with E-state index < -0.39 is 4.92 Å². The number of nitrogens with zero attached hydrogens (tertiary/aromatic N) is 5. The van der Waals surface area contributed by atoms with Crippen molar-refractivity contribution >= 4 is 17.1 Å². The molecule has 0 spiro atoms. The largest absolute Gasteiger partial charge is 0.494 e. The summed E-state index contributed by atoms with van der Waals surface area (Å²) in [5, 5.41) is 18.9. The number of azo groups is 1. The Morgan fingerprint density at radius 1 is 0.931 bits per heavy atom. The molecule has 150 valence electrons. The van der Waals surface area contributed by atoms with Gasteiger partial charge >= 0.3 is 0 Å². The average Bonchev–Trinajstić information content (AvgIpc) is 3.26. The summed E-state index contributed by atoms with van der Waals surface area (Å²) in [6.45, 7) is 1.70. The second-order valence-electron chi connectivity index (χ2n) is 6.53. The summed E-state index contributed by atoms with van der Waals surface area (Å²) in [4.78, 5) is 14.2. The summed E-state index contributed by atoms with van der Waals surface area (Å²) in [6, 6.07) is 13.3. The van der Waals surface area contributed by atoms with Crippen molar-refractivity contribution in [2.75, 3.05) is 6.61 Å². The van der Waals surface area contributed by atoms with Gasteiger partial charge in [-0.05, 0) is 49.2 Å². The number of hydrogen-bond acceptors (Lipinski definition) is 6. The molecule has 29 heavy (non-hydrogen) atoms. The number of nitro benzene ring substituents is 1. The van der Waals surface area contributed by atoms with Gasteiger partial charge in [-0.3, -0.25) is 10.1 Å². The van der Waals surface area contributed by atoms with E-state index in [4.69, 9.17) is 4.74 Å². The number of imidazole rings is 1. The van der Waals surface area contributed by atoms with Gasteiger partial charge in [0.05, 0.1) is 29.2 Å². The van der Waals surface area contributed by atoms with Crippen LogP contribution in [0.1, 0.15) is 25.7 Å². The first-order valence-electron chi connectivity index (χ1n) is 9.55. The third-order valence-electron chi connectivity index (χ3n) is 4.32. The maximum atomic E-state index is 10.6. The smallest absolute Gasteiger partial charge is 0.269 e. The normalized spacial score (nSPS) is 11.0. The number of aromatic nitrogens is 2. The topological polar surface area (TPSA) is 94.9 Å². The van der Waals surface area contributed by atoms with Crippen molar-refractivity contribution in [3.63, 3.8) is 0 Å². The maximum absolute atomic E-state index is 10.6. The van der Waals surface area contributed by atoms with Gasteiger partial charge in [-0.2, -0.15) is 10.2 Å². The van der Waals surface area contributed by atoms with Gasteiger partial charge in [-0.1, -0.05) is 12.8 Å². The summed E-state index contributed by atoms with van der Waals surface area (Å²) in [7, 11) is 0. The Morgan fingerprint density at radius 2 is 1.59 bits per heavy atom. The number of ether oxygens (including phenoxy) is 1. The standard InChI is InChI=1S/C21H23N5O3/c27-26(28)20-9-5-18(6-10-20)23-24-19-7-11-21(12-8-19)29-16-4-2-1-3-14-25-15-13-22-17-25/h5-13,15,17H,1-4,14,16H2. The molecule has 0 aliphatic rings. The Morgan fingerprint density at radius 3 is 2.21 bits per heavy atom. The monoisotopic (exact) mass is 393 g/mol. The minimum atomic E-state index is -0.443. The van der Waals surface area contributed by atoms with Gasteiger partial charge in [-0.25, -0.2) is 4.98 Å². The molecule has 0 amide bonds. The molecule has 0 saturated heterocycles. The van der Waals surface area contributed by atoms with E-state index in [1.807, 2.05) is 36.8 Å². The van der Waals surface area contributed by atoms with Crippen LogP contribution in [-0.2, 0) is 6.54 Å². The van der Waals surface area contributed by atoms with Crippen LogP contribution in [0, 0.1) is 10.1 Å². The van der Waals surface area contributed by atoms with Crippen molar-refractivity contribution in [3.8, 4) is 5.75 Å². The van der Waals surface area contributed by atoms with Gasteiger partial charge in [0.15, 0.2) is 0 Å². The van der Waals surface area contributed by atoms with Crippen molar-refractivity contribution in [2.45, 2.75) is 32.2 Å². The van der Waals surface area contributed by atoms with Crippen LogP contribution in [0.3, 0.4) is 0 Å². The lowest BCUT2D eigenvalue weighted by Crippen LogP contribution is -1.98. The quantitative estimate of drug-likeness (QED) is 0.177. The van der Waals surface area contributed by atoms with Gasteiger partial charge in [0.2, 0.25) is 0 Å². The lowest BCUT2D eigenvalue weighted by atomic mass is 10.2. The van der Waals surface area contributed by atoms with Gasteiger partial charge in [0.25, 0.3) is 5.69 Å². The van der Waals surface area contributed by atoms with Crippen molar-refractivity contribution in [2.24, 2.45) is 10.2 Å². The van der Waals surface area contributed by atoms with E-state index >= 15 is 0 Å². The highest BCUT2D eigenvalue weighted by Gasteiger charge is 2.03. The molecule has 1 heterocycles. The van der Waals surface area contributed by atoms with Crippen LogP contribution in [0.5, 0.6) is 5.75 Å². The summed E-state index contributed by atoms with van der Waals surface area (Å²) >= 11 is 0. The number of rotatable bonds is 11. The van der Waals surface area contributed by atoms with E-state index in [-0.39, 0.29) is 5.69 Å². The summed E-state index contributed by atoms with van der Waals surface area (Å²) < 4.78 is 7.85. The van der Waals surface area contributed by atoms with Gasteiger partial charge in [-0.15, -0.1) is 0 Å². The fourth-order valence-corrected chi connectivity index (χ4v) is 2.72. The molecular formula is C21H23N5O3. The maximum Gasteiger partial charge on any atom is 0.269 e. The van der Waals surface area contributed by atoms with Gasteiger partial charge in [0.1, 0.15) is 5.75 Å². The van der Waals surface area contributed by atoms with Crippen LogP contribution in [0.15, 0.2) is 77.5 Å². The van der Waals surface area contributed by atoms with E-state index in [1.165, 1.54) is 18.6 Å². The zero-order chi connectivity index (χ0) is 20.3. The minimum Gasteiger partial charge on any atom is -0.494 e. The third-order valence-corrected chi connectivity index (χ3v) is 4.32. The second kappa shape index (κ2) is 10.7. The molecule has 0 radical (unpaired) electrons. The molecule has 3 rings (SSSR count). The molecule has 2 aromatic carbocycles. The molecule has 0 fully saturated rings. The Bertz CT molecular complexity index is 907. The first-order chi connectivity index (χ1) is 14.2. The molecule has 3 aromatic rings. The number of non-ortho nitro benzene ring substituents is 1. The molecule has 0 atom stereocenters. The zero-order valence-electron chi connectivity index (χ0n) is 16.1. The average molecular weight is 393 g/mol. The molecule has 0 unspecified atom stereocenters. The van der Waals surface area contributed by atoms with Crippen LogP contribution in [0.4, 0.5) is 17.1 Å². The van der Waals surface area contributed by atoms with E-state index in [0.29, 0.717) is 18.0 Å². The van der Waals surface area contributed by atoms with Crippen LogP contribution in [0.2, 0.25) is 0 Å². The second-order valence-corrected chi connectivity index (χ2v) is 6.53. The number of aryl methyl sites for hydroxylation is 1. The third kappa shape index (κ3) is 6.84. The van der Waals surface area contributed by atoms with Gasteiger partial charge < -0.3 is 9.30 Å². The molecular weight excluding hydrogens is 370 g/mol. The molecule has 1 aromatic heterocycles. The van der Waals surface area contributed by atoms with E-state index in [9.17, 15) is 10.1 Å². The summed E-state index contributed by atoms with van der Waals surface area (Å²) in [5.74, 6) is 0.803. The Balaban J connectivity index is 1.34. The lowest BCUT2D eigenvalue weighted by Gasteiger charge is -2.06. The molecule has 0 aliphatic carbocycles. The molecule has 8 heteroatoms. The van der Waals surface area contributed by atoms with Crippen molar-refractivity contribution < 1.29 is 9.66 Å². The van der Waals surface area contributed by atoms with Crippen LogP contribution >= 0.6 is 0 Å². The lowest BCUT2D eigenvalue weighted by molar-refractivity contribution is -0.384. The van der Waals surface area contributed by atoms with Crippen molar-refractivity contribution in [3.05, 3.63) is 77.4 Å². The fourth-order valence-electron chi connectivity index (χ4n) is 2.72. The highest BCUT2D eigenvalue weighted by molar-refractivity contribution is 5.45. The number of hydrogen-bond donors (Lipinski definition) is 0. The number of unbranched alkanes of at least 4 members (excludes halogenated alkanes) is 3. The van der Waals surface area contributed by atoms with Crippen LogP contribution in [-0.4, -0.2) is 21.1 Å². The van der Waals surface area contributed by atoms with E-state index in [2.05, 4.69) is 19.8 Å². The predicted molar refractivity (Wildman–Crippen MR) is 110 cm³/mol. The van der Waals surface area contributed by atoms with Crippen LogP contribution < -0.4 is 4.74 Å².